The Bertz CT molecular complexity index is 938. The summed E-state index contributed by atoms with van der Waals surface area (Å²) in [7, 11) is 0. The number of Topliss-reactive ketones (excluding diaryl/α,β-unsaturated/α-hetero) is 1. The molecule has 4 aliphatic rings. The molecule has 0 aromatic heterocycles. The average molecular weight is 490 g/mol. The molecular formula is C28H43NO6. The van der Waals surface area contributed by atoms with Gasteiger partial charge in [-0.2, -0.15) is 0 Å². The molecule has 0 bridgehead atoms. The van der Waals surface area contributed by atoms with E-state index in [1.165, 1.54) is 0 Å². The number of piperidine rings is 1. The number of nitrogens with zero attached hydrogens (tertiary/aromatic N) is 1. The third-order valence-electron chi connectivity index (χ3n) is 9.64. The van der Waals surface area contributed by atoms with Crippen molar-refractivity contribution in [2.45, 2.75) is 115 Å². The highest BCUT2D eigenvalue weighted by Crippen LogP contribution is 2.64. The van der Waals surface area contributed by atoms with Crippen LogP contribution in [0.15, 0.2) is 24.3 Å². The summed E-state index contributed by atoms with van der Waals surface area (Å²) < 4.78 is 12.7. The van der Waals surface area contributed by atoms with Crippen molar-refractivity contribution in [3.63, 3.8) is 0 Å². The van der Waals surface area contributed by atoms with E-state index in [1.54, 1.807) is 26.8 Å². The molecule has 1 saturated carbocycles. The number of hydrogen-bond donors (Lipinski definition) is 2. The SMILES string of the molecule is C=C[C@@]1(C)CC(=O)[C@@]2(O)[C@](C)(O1)[C@@H](OC(=O)C(C)N1CCCCC1)C=C1C(C)(C)CC[C@H](O)[C@@]12C. The Kier molecular flexibility index (Phi) is 6.44. The van der Waals surface area contributed by atoms with E-state index in [-0.39, 0.29) is 6.42 Å². The normalized spacial score (nSPS) is 44.5. The highest BCUT2D eigenvalue weighted by Gasteiger charge is 2.76. The zero-order chi connectivity index (χ0) is 26.0. The molecular weight excluding hydrogens is 446 g/mol. The lowest BCUT2D eigenvalue weighted by Gasteiger charge is -2.66. The molecule has 2 aliphatic carbocycles. The van der Waals surface area contributed by atoms with Gasteiger partial charge in [0.05, 0.1) is 17.1 Å². The molecule has 7 nitrogen and oxygen atoms in total. The molecule has 35 heavy (non-hydrogen) atoms. The van der Waals surface area contributed by atoms with E-state index in [0.717, 1.165) is 37.9 Å². The van der Waals surface area contributed by atoms with Gasteiger partial charge in [0.25, 0.3) is 0 Å². The first-order chi connectivity index (χ1) is 16.2. The Hall–Kier alpha value is -1.54. The zero-order valence-electron chi connectivity index (χ0n) is 22.2. The van der Waals surface area contributed by atoms with Gasteiger partial charge in [-0.25, -0.2) is 0 Å². The van der Waals surface area contributed by atoms with Gasteiger partial charge in [-0.1, -0.05) is 31.9 Å². The van der Waals surface area contributed by atoms with E-state index in [4.69, 9.17) is 9.47 Å². The summed E-state index contributed by atoms with van der Waals surface area (Å²) in [6.07, 6.45) is 5.75. The third kappa shape index (κ3) is 3.68. The summed E-state index contributed by atoms with van der Waals surface area (Å²) in [5.41, 5.74) is -5.71. The minimum Gasteiger partial charge on any atom is -0.454 e. The molecule has 7 heteroatoms. The van der Waals surface area contributed by atoms with Crippen LogP contribution in [-0.2, 0) is 19.1 Å². The van der Waals surface area contributed by atoms with Crippen LogP contribution in [0.1, 0.15) is 80.1 Å². The molecule has 0 radical (unpaired) electrons. The lowest BCUT2D eigenvalue weighted by atomic mass is 9.44. The maximum absolute atomic E-state index is 13.9. The fourth-order valence-electron chi connectivity index (χ4n) is 7.27. The molecule has 2 aliphatic heterocycles. The van der Waals surface area contributed by atoms with Crippen LogP contribution < -0.4 is 0 Å². The Labute approximate surface area is 209 Å². The van der Waals surface area contributed by atoms with Gasteiger partial charge in [-0.15, -0.1) is 6.58 Å². The van der Waals surface area contributed by atoms with Crippen molar-refractivity contribution in [1.29, 1.82) is 0 Å². The first kappa shape index (κ1) is 26.5. The third-order valence-corrected chi connectivity index (χ3v) is 9.64. The van der Waals surface area contributed by atoms with Gasteiger partial charge in [0.1, 0.15) is 11.6 Å². The smallest absolute Gasteiger partial charge is 0.323 e. The molecule has 3 fully saturated rings. The number of fused-ring (bicyclic) bond motifs is 3. The molecule has 2 heterocycles. The molecule has 0 spiro atoms. The standard InChI is InChI=1S/C28H43NO6/c1-8-25(5)17-21(31)28(33)26(6)19(24(3,4)13-12-20(26)30)16-22(27(28,7)35-25)34-23(32)18(2)29-14-10-9-11-15-29/h8,16,18,20,22,30,33H,1,9-15,17H2,2-7H3/t18?,20-,22-,25-,26+,27+,28-/m0/s1. The van der Waals surface area contributed by atoms with Gasteiger partial charge in [-0.3, -0.25) is 14.5 Å². The molecule has 0 aromatic rings. The summed E-state index contributed by atoms with van der Waals surface area (Å²) in [5.74, 6) is -0.833. The minimum absolute atomic E-state index is 0.0799. The van der Waals surface area contributed by atoms with E-state index in [9.17, 15) is 19.8 Å². The van der Waals surface area contributed by atoms with Crippen LogP contribution >= 0.6 is 0 Å². The summed E-state index contributed by atoms with van der Waals surface area (Å²) in [6.45, 7) is 16.6. The number of ether oxygens (including phenoxy) is 2. The number of ketones is 1. The summed E-state index contributed by atoms with van der Waals surface area (Å²) >= 11 is 0. The van der Waals surface area contributed by atoms with E-state index in [1.807, 2.05) is 26.8 Å². The van der Waals surface area contributed by atoms with Crippen LogP contribution in [0.3, 0.4) is 0 Å². The van der Waals surface area contributed by atoms with Crippen LogP contribution in [0, 0.1) is 10.8 Å². The Balaban J connectivity index is 1.83. The number of hydrogen-bond acceptors (Lipinski definition) is 7. The number of carbonyl (C=O) groups excluding carboxylic acids is 2. The summed E-state index contributed by atoms with van der Waals surface area (Å²) in [4.78, 5) is 29.4. The molecule has 2 saturated heterocycles. The number of aliphatic hydroxyl groups excluding tert-OH is 1. The quantitative estimate of drug-likeness (QED) is 0.462. The van der Waals surface area contributed by atoms with Crippen molar-refractivity contribution in [3.8, 4) is 0 Å². The van der Waals surface area contributed by atoms with Gasteiger partial charge in [0.15, 0.2) is 17.5 Å². The highest BCUT2D eigenvalue weighted by molar-refractivity contribution is 5.93. The molecule has 1 unspecified atom stereocenters. The first-order valence-corrected chi connectivity index (χ1v) is 13.1. The van der Waals surface area contributed by atoms with Crippen LogP contribution in [0.2, 0.25) is 0 Å². The second-order valence-electron chi connectivity index (χ2n) is 12.4. The summed E-state index contributed by atoms with van der Waals surface area (Å²) in [6, 6.07) is -0.450. The molecule has 7 atom stereocenters. The van der Waals surface area contributed by atoms with Crippen molar-refractivity contribution in [2.75, 3.05) is 13.1 Å². The Morgan fingerprint density at radius 1 is 1.23 bits per heavy atom. The van der Waals surface area contributed by atoms with E-state index < -0.39 is 57.6 Å². The molecule has 2 N–H and O–H groups in total. The number of aliphatic hydroxyl groups is 2. The fourth-order valence-corrected chi connectivity index (χ4v) is 7.27. The molecule has 196 valence electrons. The lowest BCUT2D eigenvalue weighted by Crippen LogP contribution is -2.81. The van der Waals surface area contributed by atoms with Gasteiger partial charge < -0.3 is 19.7 Å². The predicted octanol–water partition coefficient (Wildman–Crippen LogP) is 3.32. The van der Waals surface area contributed by atoms with Gasteiger partial charge in [0.2, 0.25) is 0 Å². The monoisotopic (exact) mass is 489 g/mol. The Morgan fingerprint density at radius 3 is 2.46 bits per heavy atom. The largest absolute Gasteiger partial charge is 0.454 e. The number of likely N-dealkylation sites (tertiary alicyclic amines) is 1. The van der Waals surface area contributed by atoms with E-state index >= 15 is 0 Å². The fraction of sp³-hybridized carbons (Fsp3) is 0.786. The van der Waals surface area contributed by atoms with E-state index in [2.05, 4.69) is 11.5 Å². The topological polar surface area (TPSA) is 96.3 Å². The van der Waals surface area contributed by atoms with Crippen molar-refractivity contribution in [3.05, 3.63) is 24.3 Å². The van der Waals surface area contributed by atoms with Crippen LogP contribution in [0.25, 0.3) is 0 Å². The van der Waals surface area contributed by atoms with Crippen molar-refractivity contribution < 1.29 is 29.3 Å². The average Bonchev–Trinajstić information content (AvgIpc) is 2.81. The maximum atomic E-state index is 13.9. The number of rotatable bonds is 4. The van der Waals surface area contributed by atoms with Crippen molar-refractivity contribution in [2.24, 2.45) is 10.8 Å². The van der Waals surface area contributed by atoms with Crippen LogP contribution in [0.4, 0.5) is 0 Å². The second-order valence-corrected chi connectivity index (χ2v) is 12.4. The van der Waals surface area contributed by atoms with Crippen LogP contribution in [0.5, 0.6) is 0 Å². The number of esters is 1. The minimum atomic E-state index is -2.09. The van der Waals surface area contributed by atoms with Crippen molar-refractivity contribution >= 4 is 11.8 Å². The second kappa shape index (κ2) is 8.51. The molecule has 0 aromatic carbocycles. The maximum Gasteiger partial charge on any atom is 0.323 e. The van der Waals surface area contributed by atoms with Gasteiger partial charge >= 0.3 is 5.97 Å². The van der Waals surface area contributed by atoms with Crippen LogP contribution in [-0.4, -0.2) is 75.0 Å². The summed E-state index contributed by atoms with van der Waals surface area (Å²) in [5, 5.41) is 23.8. The lowest BCUT2D eigenvalue weighted by molar-refractivity contribution is -0.305. The predicted molar refractivity (Wildman–Crippen MR) is 133 cm³/mol. The van der Waals surface area contributed by atoms with E-state index in [0.29, 0.717) is 12.8 Å². The molecule has 0 amide bonds. The highest BCUT2D eigenvalue weighted by atomic mass is 16.6. The zero-order valence-corrected chi connectivity index (χ0v) is 22.2. The number of carbonyl (C=O) groups is 2. The van der Waals surface area contributed by atoms with Gasteiger partial charge in [-0.05, 0) is 78.0 Å². The Morgan fingerprint density at radius 2 is 1.86 bits per heavy atom. The van der Waals surface area contributed by atoms with Crippen molar-refractivity contribution in [1.82, 2.24) is 4.90 Å². The first-order valence-electron chi connectivity index (χ1n) is 13.1. The molecule has 4 rings (SSSR count). The van der Waals surface area contributed by atoms with Gasteiger partial charge in [0, 0.05) is 6.42 Å².